The van der Waals surface area contributed by atoms with E-state index in [-0.39, 0.29) is 5.97 Å². The van der Waals surface area contributed by atoms with E-state index in [1.807, 2.05) is 6.07 Å². The van der Waals surface area contributed by atoms with Crippen LogP contribution in [0.2, 0.25) is 0 Å². The van der Waals surface area contributed by atoms with Crippen molar-refractivity contribution in [2.75, 3.05) is 0 Å². The third-order valence-electron chi connectivity index (χ3n) is 1.56. The molecule has 0 aliphatic heterocycles. The molecule has 1 rings (SSSR count). The topological polar surface area (TPSA) is 55.4 Å². The number of amides is 1. The summed E-state index contributed by atoms with van der Waals surface area (Å²) in [4.78, 5) is 20.7. The van der Waals surface area contributed by atoms with Crippen LogP contribution in [0.15, 0.2) is 30.5 Å². The Kier molecular flexibility index (Phi) is 4.09. The molecule has 0 aliphatic carbocycles. The largest absolute Gasteiger partial charge is 0.427 e. The molecule has 0 saturated carbocycles. The van der Waals surface area contributed by atoms with Crippen LogP contribution in [0.25, 0.3) is 6.08 Å². The van der Waals surface area contributed by atoms with E-state index in [2.05, 4.69) is 5.32 Å². The van der Waals surface area contributed by atoms with Gasteiger partial charge in [-0.3, -0.25) is 9.59 Å². The van der Waals surface area contributed by atoms with Gasteiger partial charge in [0, 0.05) is 13.1 Å². The van der Waals surface area contributed by atoms with Crippen LogP contribution in [0.1, 0.15) is 12.5 Å². The molecular weight excluding hydrogens is 194 g/mol. The Bertz CT molecular complexity index is 385. The van der Waals surface area contributed by atoms with E-state index in [0.717, 1.165) is 5.56 Å². The molecule has 0 radical (unpaired) electrons. The second kappa shape index (κ2) is 5.59. The van der Waals surface area contributed by atoms with Crippen LogP contribution in [-0.4, -0.2) is 12.4 Å². The van der Waals surface area contributed by atoms with Crippen molar-refractivity contribution in [1.82, 2.24) is 5.32 Å². The molecule has 0 atom stereocenters. The van der Waals surface area contributed by atoms with E-state index in [9.17, 15) is 9.59 Å². The number of nitrogens with one attached hydrogen (secondary N) is 1. The van der Waals surface area contributed by atoms with Crippen molar-refractivity contribution < 1.29 is 14.3 Å². The Morgan fingerprint density at radius 2 is 2.27 bits per heavy atom. The fraction of sp³-hybridized carbons (Fsp3) is 0.0909. The van der Waals surface area contributed by atoms with Crippen LogP contribution in [0.4, 0.5) is 0 Å². The number of ether oxygens (including phenoxy) is 1. The molecule has 1 aromatic rings. The Balaban J connectivity index is 2.73. The molecule has 0 bridgehead atoms. The van der Waals surface area contributed by atoms with Crippen LogP contribution in [0.3, 0.4) is 0 Å². The summed E-state index contributed by atoms with van der Waals surface area (Å²) in [7, 11) is 0. The van der Waals surface area contributed by atoms with Gasteiger partial charge in [-0.15, -0.1) is 0 Å². The molecule has 1 aromatic carbocycles. The van der Waals surface area contributed by atoms with Gasteiger partial charge in [-0.2, -0.15) is 0 Å². The third kappa shape index (κ3) is 4.08. The normalized spacial score (nSPS) is 9.93. The number of benzene rings is 1. The van der Waals surface area contributed by atoms with Crippen LogP contribution in [-0.2, 0) is 9.59 Å². The van der Waals surface area contributed by atoms with Gasteiger partial charge >= 0.3 is 5.97 Å². The average molecular weight is 205 g/mol. The van der Waals surface area contributed by atoms with Crippen LogP contribution in [0, 0.1) is 0 Å². The molecule has 1 N–H and O–H groups in total. The van der Waals surface area contributed by atoms with E-state index in [4.69, 9.17) is 4.74 Å². The van der Waals surface area contributed by atoms with Gasteiger partial charge < -0.3 is 10.1 Å². The van der Waals surface area contributed by atoms with Gasteiger partial charge in [0.15, 0.2) is 0 Å². The minimum Gasteiger partial charge on any atom is -0.427 e. The van der Waals surface area contributed by atoms with E-state index < -0.39 is 0 Å². The Hall–Kier alpha value is -2.10. The Morgan fingerprint density at radius 1 is 1.47 bits per heavy atom. The maximum Gasteiger partial charge on any atom is 0.308 e. The number of hydrogen-bond acceptors (Lipinski definition) is 3. The molecule has 4 nitrogen and oxygen atoms in total. The van der Waals surface area contributed by atoms with Gasteiger partial charge in [0.1, 0.15) is 5.75 Å². The molecule has 1 amide bonds. The molecule has 0 saturated heterocycles. The van der Waals surface area contributed by atoms with Gasteiger partial charge in [-0.1, -0.05) is 12.1 Å². The lowest BCUT2D eigenvalue weighted by Crippen LogP contribution is -2.01. The predicted molar refractivity (Wildman–Crippen MR) is 56.0 cm³/mol. The first-order valence-corrected chi connectivity index (χ1v) is 4.37. The number of carbonyl (C=O) groups excluding carboxylic acids is 2. The summed E-state index contributed by atoms with van der Waals surface area (Å²) < 4.78 is 4.90. The van der Waals surface area contributed by atoms with Crippen molar-refractivity contribution >= 4 is 18.5 Å². The van der Waals surface area contributed by atoms with Crippen molar-refractivity contribution in [3.05, 3.63) is 36.0 Å². The van der Waals surface area contributed by atoms with Crippen molar-refractivity contribution in [2.24, 2.45) is 0 Å². The Labute approximate surface area is 87.6 Å². The smallest absolute Gasteiger partial charge is 0.308 e. The quantitative estimate of drug-likeness (QED) is 0.458. The summed E-state index contributed by atoms with van der Waals surface area (Å²) in [6.45, 7) is 1.34. The molecule has 4 heteroatoms. The summed E-state index contributed by atoms with van der Waals surface area (Å²) in [5, 5.41) is 2.39. The molecule has 0 unspecified atom stereocenters. The van der Waals surface area contributed by atoms with Gasteiger partial charge in [-0.05, 0) is 23.8 Å². The van der Waals surface area contributed by atoms with Crippen molar-refractivity contribution in [1.29, 1.82) is 0 Å². The maximum atomic E-state index is 10.7. The highest BCUT2D eigenvalue weighted by Gasteiger charge is 1.97. The minimum absolute atomic E-state index is 0.359. The molecule has 0 aromatic heterocycles. The van der Waals surface area contributed by atoms with Gasteiger partial charge in [0.05, 0.1) is 0 Å². The van der Waals surface area contributed by atoms with E-state index in [0.29, 0.717) is 12.2 Å². The minimum atomic E-state index is -0.359. The lowest BCUT2D eigenvalue weighted by atomic mass is 10.2. The summed E-state index contributed by atoms with van der Waals surface area (Å²) in [6.07, 6.45) is 3.77. The number of rotatable bonds is 4. The molecule has 0 spiro atoms. The molecule has 0 heterocycles. The summed E-state index contributed by atoms with van der Waals surface area (Å²) in [5.74, 6) is 0.123. The van der Waals surface area contributed by atoms with Crippen LogP contribution < -0.4 is 10.1 Å². The zero-order valence-corrected chi connectivity index (χ0v) is 8.27. The van der Waals surface area contributed by atoms with Crippen LogP contribution >= 0.6 is 0 Å². The van der Waals surface area contributed by atoms with Gasteiger partial charge in [-0.25, -0.2) is 0 Å². The second-order valence-electron chi connectivity index (χ2n) is 2.78. The molecular formula is C11H11NO3. The number of carbonyl (C=O) groups is 2. The van der Waals surface area contributed by atoms with Crippen molar-refractivity contribution in [3.63, 3.8) is 0 Å². The first-order chi connectivity index (χ1) is 7.22. The highest BCUT2D eigenvalue weighted by Crippen LogP contribution is 2.14. The predicted octanol–water partition coefficient (Wildman–Crippen LogP) is 1.33. The van der Waals surface area contributed by atoms with Crippen LogP contribution in [0.5, 0.6) is 5.75 Å². The van der Waals surface area contributed by atoms with Gasteiger partial charge in [0.25, 0.3) is 0 Å². The van der Waals surface area contributed by atoms with Crippen molar-refractivity contribution in [2.45, 2.75) is 6.92 Å². The standard InChI is InChI=1S/C11H11NO3/c1-9(14)15-11-4-2-3-10(7-11)5-6-12-8-13/h2-8H,1H3,(H,12,13)/b6-5+. The molecule has 15 heavy (non-hydrogen) atoms. The monoisotopic (exact) mass is 205 g/mol. The highest BCUT2D eigenvalue weighted by molar-refractivity contribution is 5.69. The lowest BCUT2D eigenvalue weighted by Gasteiger charge is -2.01. The number of esters is 1. The first kappa shape index (κ1) is 11.0. The SMILES string of the molecule is CC(=O)Oc1cccc(/C=C/NC=O)c1. The molecule has 0 aliphatic rings. The lowest BCUT2D eigenvalue weighted by molar-refractivity contribution is -0.131. The highest BCUT2D eigenvalue weighted by atomic mass is 16.5. The van der Waals surface area contributed by atoms with E-state index in [1.54, 1.807) is 24.3 Å². The summed E-state index contributed by atoms with van der Waals surface area (Å²) in [6, 6.07) is 6.98. The fourth-order valence-electron chi connectivity index (χ4n) is 1.03. The average Bonchev–Trinajstić information content (AvgIpc) is 2.18. The molecule has 78 valence electrons. The number of hydrogen-bond donors (Lipinski definition) is 1. The Morgan fingerprint density at radius 3 is 2.93 bits per heavy atom. The third-order valence-corrected chi connectivity index (χ3v) is 1.56. The van der Waals surface area contributed by atoms with Gasteiger partial charge in [0.2, 0.25) is 6.41 Å². The fourth-order valence-corrected chi connectivity index (χ4v) is 1.03. The second-order valence-corrected chi connectivity index (χ2v) is 2.78. The zero-order valence-electron chi connectivity index (χ0n) is 8.27. The first-order valence-electron chi connectivity index (χ1n) is 4.37. The summed E-state index contributed by atoms with van der Waals surface area (Å²) in [5.41, 5.74) is 0.836. The van der Waals surface area contributed by atoms with E-state index >= 15 is 0 Å². The summed E-state index contributed by atoms with van der Waals surface area (Å²) >= 11 is 0. The molecule has 0 fully saturated rings. The zero-order chi connectivity index (χ0) is 11.1. The van der Waals surface area contributed by atoms with E-state index in [1.165, 1.54) is 13.1 Å². The van der Waals surface area contributed by atoms with Crippen molar-refractivity contribution in [3.8, 4) is 5.75 Å². The maximum absolute atomic E-state index is 10.7.